The lowest BCUT2D eigenvalue weighted by Crippen LogP contribution is -2.49. The van der Waals surface area contributed by atoms with E-state index in [1.807, 2.05) is 7.05 Å². The van der Waals surface area contributed by atoms with Crippen molar-refractivity contribution in [3.8, 4) is 0 Å². The van der Waals surface area contributed by atoms with Crippen LogP contribution in [0, 0.1) is 5.82 Å². The van der Waals surface area contributed by atoms with Gasteiger partial charge in [-0.3, -0.25) is 0 Å². The Hall–Kier alpha value is -1.62. The number of nitrogens with one attached hydrogen (secondary N) is 1. The Balaban J connectivity index is 2.26. The molecule has 2 rings (SSSR count). The van der Waals surface area contributed by atoms with Crippen LogP contribution in [0.1, 0.15) is 20.3 Å². The van der Waals surface area contributed by atoms with Crippen molar-refractivity contribution in [3.63, 3.8) is 0 Å². The number of likely N-dealkylation sites (N-methyl/N-ethyl adjacent to an activating group) is 1. The fourth-order valence-corrected chi connectivity index (χ4v) is 2.71. The molecule has 2 atom stereocenters. The highest BCUT2D eigenvalue weighted by Crippen LogP contribution is 2.31. The Labute approximate surface area is 118 Å². The number of benzene rings is 1. The average Bonchev–Trinajstić information content (AvgIpc) is 2.66. The molecule has 0 aliphatic carbocycles. The number of anilines is 1. The van der Waals surface area contributed by atoms with Gasteiger partial charge >= 0.3 is 5.97 Å². The summed E-state index contributed by atoms with van der Waals surface area (Å²) in [5.74, 6) is -0.603. The van der Waals surface area contributed by atoms with Crippen molar-refractivity contribution in [2.75, 3.05) is 25.5 Å². The molecule has 1 aromatic carbocycles. The summed E-state index contributed by atoms with van der Waals surface area (Å²) in [7, 11) is 1.97. The molecular formula is C15H21FN2O2. The first-order valence-electron chi connectivity index (χ1n) is 6.88. The largest absolute Gasteiger partial charge is 0.464 e. The van der Waals surface area contributed by atoms with E-state index >= 15 is 0 Å². The van der Waals surface area contributed by atoms with Crippen LogP contribution in [0.2, 0.25) is 0 Å². The third kappa shape index (κ3) is 2.93. The molecule has 0 aromatic heterocycles. The molecule has 5 heteroatoms. The second-order valence-corrected chi connectivity index (χ2v) is 5.41. The normalized spacial score (nSPS) is 26.5. The van der Waals surface area contributed by atoms with Gasteiger partial charge in [-0.1, -0.05) is 6.07 Å². The van der Waals surface area contributed by atoms with Gasteiger partial charge in [-0.25, -0.2) is 9.18 Å². The first kappa shape index (κ1) is 14.8. The third-order valence-electron chi connectivity index (χ3n) is 3.79. The molecule has 20 heavy (non-hydrogen) atoms. The summed E-state index contributed by atoms with van der Waals surface area (Å²) < 4.78 is 18.5. The number of carbonyl (C=O) groups is 1. The van der Waals surface area contributed by atoms with Crippen LogP contribution >= 0.6 is 0 Å². The minimum atomic E-state index is -0.808. The Morgan fingerprint density at radius 2 is 2.35 bits per heavy atom. The van der Waals surface area contributed by atoms with Crippen LogP contribution in [-0.4, -0.2) is 42.6 Å². The van der Waals surface area contributed by atoms with Gasteiger partial charge in [0.2, 0.25) is 0 Å². The maximum Gasteiger partial charge on any atom is 0.333 e. The summed E-state index contributed by atoms with van der Waals surface area (Å²) in [6.07, 6.45) is 0.638. The standard InChI is InChI=1S/C15H21FN2O2/c1-4-20-14(19)15(9-11(2)18(3)10-15)17-13-7-5-6-12(16)8-13/h5-8,11,17H,4,9-10H2,1-3H3. The van der Waals surface area contributed by atoms with Gasteiger partial charge in [-0.2, -0.15) is 0 Å². The van der Waals surface area contributed by atoms with Gasteiger partial charge in [0.15, 0.2) is 0 Å². The van der Waals surface area contributed by atoms with Crippen molar-refractivity contribution in [2.24, 2.45) is 0 Å². The highest BCUT2D eigenvalue weighted by molar-refractivity contribution is 5.85. The maximum absolute atomic E-state index is 13.3. The van der Waals surface area contributed by atoms with Gasteiger partial charge in [0.25, 0.3) is 0 Å². The average molecular weight is 280 g/mol. The summed E-state index contributed by atoms with van der Waals surface area (Å²) in [5, 5.41) is 3.18. The van der Waals surface area contributed by atoms with E-state index < -0.39 is 5.54 Å². The number of rotatable bonds is 4. The molecular weight excluding hydrogens is 259 g/mol. The zero-order valence-electron chi connectivity index (χ0n) is 12.1. The van der Waals surface area contributed by atoms with E-state index in [1.54, 1.807) is 19.1 Å². The van der Waals surface area contributed by atoms with Gasteiger partial charge < -0.3 is 15.0 Å². The number of halogens is 1. The minimum absolute atomic E-state index is 0.264. The summed E-state index contributed by atoms with van der Waals surface area (Å²) in [5.41, 5.74) is -0.210. The molecule has 0 spiro atoms. The number of likely N-dealkylation sites (tertiary alicyclic amines) is 1. The highest BCUT2D eigenvalue weighted by Gasteiger charge is 2.48. The molecule has 4 nitrogen and oxygen atoms in total. The predicted molar refractivity (Wildman–Crippen MR) is 76.1 cm³/mol. The summed E-state index contributed by atoms with van der Waals surface area (Å²) in [6.45, 7) is 4.73. The van der Waals surface area contributed by atoms with Gasteiger partial charge in [0.1, 0.15) is 11.4 Å². The lowest BCUT2D eigenvalue weighted by molar-refractivity contribution is -0.148. The van der Waals surface area contributed by atoms with Gasteiger partial charge in [-0.05, 0) is 45.5 Å². The van der Waals surface area contributed by atoms with Crippen LogP contribution in [0.4, 0.5) is 10.1 Å². The van der Waals surface area contributed by atoms with Crippen LogP contribution < -0.4 is 5.32 Å². The fraction of sp³-hybridized carbons (Fsp3) is 0.533. The molecule has 0 bridgehead atoms. The minimum Gasteiger partial charge on any atom is -0.464 e. The van der Waals surface area contributed by atoms with Crippen LogP contribution in [0.15, 0.2) is 24.3 Å². The Morgan fingerprint density at radius 3 is 2.90 bits per heavy atom. The second kappa shape index (κ2) is 5.79. The van der Waals surface area contributed by atoms with Crippen molar-refractivity contribution in [1.29, 1.82) is 0 Å². The van der Waals surface area contributed by atoms with Crippen molar-refractivity contribution < 1.29 is 13.9 Å². The van der Waals surface area contributed by atoms with E-state index in [0.717, 1.165) is 0 Å². The molecule has 1 saturated heterocycles. The number of hydrogen-bond acceptors (Lipinski definition) is 4. The summed E-state index contributed by atoms with van der Waals surface area (Å²) >= 11 is 0. The van der Waals surface area contributed by atoms with E-state index in [2.05, 4.69) is 17.1 Å². The van der Waals surface area contributed by atoms with E-state index in [-0.39, 0.29) is 17.8 Å². The zero-order chi connectivity index (χ0) is 14.8. The van der Waals surface area contributed by atoms with E-state index in [0.29, 0.717) is 25.3 Å². The van der Waals surface area contributed by atoms with E-state index in [9.17, 15) is 9.18 Å². The number of hydrogen-bond donors (Lipinski definition) is 1. The molecule has 1 aliphatic heterocycles. The number of nitrogens with zero attached hydrogens (tertiary/aromatic N) is 1. The van der Waals surface area contributed by atoms with Crippen LogP contribution in [0.25, 0.3) is 0 Å². The van der Waals surface area contributed by atoms with Crippen LogP contribution in [0.3, 0.4) is 0 Å². The smallest absolute Gasteiger partial charge is 0.333 e. The van der Waals surface area contributed by atoms with Crippen molar-refractivity contribution >= 4 is 11.7 Å². The third-order valence-corrected chi connectivity index (χ3v) is 3.79. The maximum atomic E-state index is 13.3. The molecule has 1 heterocycles. The lowest BCUT2D eigenvalue weighted by Gasteiger charge is -2.29. The second-order valence-electron chi connectivity index (χ2n) is 5.41. The number of ether oxygens (including phenoxy) is 1. The summed E-state index contributed by atoms with van der Waals surface area (Å²) in [6, 6.07) is 6.42. The predicted octanol–water partition coefficient (Wildman–Crippen LogP) is 2.26. The summed E-state index contributed by atoms with van der Waals surface area (Å²) in [4.78, 5) is 14.4. The molecule has 0 amide bonds. The van der Waals surface area contributed by atoms with Crippen LogP contribution in [-0.2, 0) is 9.53 Å². The molecule has 0 saturated carbocycles. The zero-order valence-corrected chi connectivity index (χ0v) is 12.1. The Morgan fingerprint density at radius 1 is 1.60 bits per heavy atom. The highest BCUT2D eigenvalue weighted by atomic mass is 19.1. The van der Waals surface area contributed by atoms with Crippen LogP contribution in [0.5, 0.6) is 0 Å². The molecule has 1 N–H and O–H groups in total. The number of carbonyl (C=O) groups excluding carboxylic acids is 1. The van der Waals surface area contributed by atoms with Crippen molar-refractivity contribution in [3.05, 3.63) is 30.1 Å². The SMILES string of the molecule is CCOC(=O)C1(Nc2cccc(F)c2)CC(C)N(C)C1. The molecule has 0 radical (unpaired) electrons. The van der Waals surface area contributed by atoms with Crippen molar-refractivity contribution in [1.82, 2.24) is 4.90 Å². The number of esters is 1. The van der Waals surface area contributed by atoms with Gasteiger partial charge in [-0.15, -0.1) is 0 Å². The van der Waals surface area contributed by atoms with Gasteiger partial charge in [0.05, 0.1) is 6.61 Å². The molecule has 1 fully saturated rings. The topological polar surface area (TPSA) is 41.6 Å². The Bertz CT molecular complexity index is 483. The quantitative estimate of drug-likeness (QED) is 0.859. The molecule has 110 valence electrons. The fourth-order valence-electron chi connectivity index (χ4n) is 2.71. The molecule has 1 aromatic rings. The first-order valence-corrected chi connectivity index (χ1v) is 6.88. The van der Waals surface area contributed by atoms with Gasteiger partial charge in [0, 0.05) is 18.3 Å². The van der Waals surface area contributed by atoms with E-state index in [1.165, 1.54) is 12.1 Å². The molecule has 1 aliphatic rings. The Kier molecular flexibility index (Phi) is 4.28. The monoisotopic (exact) mass is 280 g/mol. The molecule has 2 unspecified atom stereocenters. The first-order chi connectivity index (χ1) is 9.47. The lowest BCUT2D eigenvalue weighted by atomic mass is 9.95. The van der Waals surface area contributed by atoms with Crippen molar-refractivity contribution in [2.45, 2.75) is 31.8 Å². The van der Waals surface area contributed by atoms with E-state index in [4.69, 9.17) is 4.74 Å².